The van der Waals surface area contributed by atoms with E-state index in [1.807, 2.05) is 30.3 Å². The lowest BCUT2D eigenvalue weighted by atomic mass is 9.94. The fraction of sp³-hybridized carbons (Fsp3) is 0.462. The molecule has 0 radical (unpaired) electrons. The van der Waals surface area contributed by atoms with E-state index in [9.17, 15) is 9.59 Å². The highest BCUT2D eigenvalue weighted by molar-refractivity contribution is 6.22. The molecule has 2 amide bonds. The number of benzene rings is 2. The molecule has 2 aromatic carbocycles. The van der Waals surface area contributed by atoms with Crippen LogP contribution in [0.3, 0.4) is 0 Å². The summed E-state index contributed by atoms with van der Waals surface area (Å²) < 4.78 is 0. The van der Waals surface area contributed by atoms with Gasteiger partial charge < -0.3 is 10.6 Å². The zero-order valence-corrected chi connectivity index (χ0v) is 17.7. The van der Waals surface area contributed by atoms with Crippen LogP contribution in [-0.2, 0) is 9.59 Å². The molecule has 0 aliphatic heterocycles. The smallest absolute Gasteiger partial charge is 0.257 e. The lowest BCUT2D eigenvalue weighted by Crippen LogP contribution is -2.43. The van der Waals surface area contributed by atoms with Crippen LogP contribution in [0, 0.1) is 0 Å². The molecule has 2 aromatic rings. The molecule has 2 saturated carbocycles. The number of hydrogen-bond donors (Lipinski definition) is 2. The van der Waals surface area contributed by atoms with Gasteiger partial charge in [0.05, 0.1) is 0 Å². The number of carbonyl (C=O) groups excluding carboxylic acids is 2. The fourth-order valence-electron chi connectivity index (χ4n) is 4.79. The monoisotopic (exact) mass is 404 g/mol. The van der Waals surface area contributed by atoms with E-state index in [2.05, 4.69) is 22.8 Å². The molecule has 4 rings (SSSR count). The Balaban J connectivity index is 1.62. The normalized spacial score (nSPS) is 18.0. The van der Waals surface area contributed by atoms with Crippen molar-refractivity contribution < 1.29 is 9.59 Å². The second kappa shape index (κ2) is 9.92. The summed E-state index contributed by atoms with van der Waals surface area (Å²) in [6.45, 7) is 0. The maximum absolute atomic E-state index is 13.2. The van der Waals surface area contributed by atoms with E-state index in [1.165, 1.54) is 12.8 Å². The van der Waals surface area contributed by atoms with Gasteiger partial charge in [0.2, 0.25) is 0 Å². The minimum atomic E-state index is -0.247. The Labute approximate surface area is 179 Å². The van der Waals surface area contributed by atoms with Crippen molar-refractivity contribution in [3.05, 3.63) is 53.6 Å². The van der Waals surface area contributed by atoms with Gasteiger partial charge in [-0.3, -0.25) is 9.59 Å². The maximum Gasteiger partial charge on any atom is 0.257 e. The van der Waals surface area contributed by atoms with E-state index in [0.29, 0.717) is 0 Å². The van der Waals surface area contributed by atoms with E-state index < -0.39 is 0 Å². The van der Waals surface area contributed by atoms with Gasteiger partial charge in [-0.05, 0) is 48.1 Å². The first-order valence-corrected chi connectivity index (χ1v) is 11.5. The summed E-state index contributed by atoms with van der Waals surface area (Å²) in [5.74, 6) is -0.494. The zero-order valence-electron chi connectivity index (χ0n) is 17.7. The molecule has 0 heterocycles. The number of nitrogens with one attached hydrogen (secondary N) is 2. The second-order valence-corrected chi connectivity index (χ2v) is 8.74. The van der Waals surface area contributed by atoms with E-state index in [-0.39, 0.29) is 29.5 Å². The molecule has 0 unspecified atom stereocenters. The quantitative estimate of drug-likeness (QED) is 0.413. The zero-order chi connectivity index (χ0) is 20.8. The average molecular weight is 405 g/mol. The van der Waals surface area contributed by atoms with Gasteiger partial charge in [0.1, 0.15) is 5.57 Å². The van der Waals surface area contributed by atoms with Crippen molar-refractivity contribution >= 4 is 28.7 Å². The van der Waals surface area contributed by atoms with Crippen molar-refractivity contribution in [2.75, 3.05) is 0 Å². The standard InChI is InChI=1S/C26H32N2O2/c29-25(27-21-13-3-1-4-14-21)24(26(30)28-22-15-5-2-6-16-22)18-20-12-9-11-19-10-7-8-17-23(19)20/h7-12,17-18,21-22H,1-6,13-16H2,(H,27,29)(H,28,30). The van der Waals surface area contributed by atoms with Crippen LogP contribution in [0.25, 0.3) is 16.8 Å². The van der Waals surface area contributed by atoms with Crippen LogP contribution >= 0.6 is 0 Å². The van der Waals surface area contributed by atoms with Gasteiger partial charge in [-0.1, -0.05) is 81.0 Å². The third kappa shape index (κ3) is 5.10. The summed E-state index contributed by atoms with van der Waals surface area (Å²) in [5, 5.41) is 8.43. The highest BCUT2D eigenvalue weighted by Crippen LogP contribution is 2.23. The Hall–Kier alpha value is -2.62. The molecule has 158 valence electrons. The Morgan fingerprint density at radius 3 is 1.83 bits per heavy atom. The molecule has 2 aliphatic carbocycles. The van der Waals surface area contributed by atoms with Gasteiger partial charge in [-0.25, -0.2) is 0 Å². The summed E-state index contributed by atoms with van der Waals surface area (Å²) in [5.41, 5.74) is 1.13. The average Bonchev–Trinajstić information content (AvgIpc) is 2.78. The van der Waals surface area contributed by atoms with Crippen molar-refractivity contribution in [3.8, 4) is 0 Å². The topological polar surface area (TPSA) is 58.2 Å². The van der Waals surface area contributed by atoms with Crippen LogP contribution in [0.5, 0.6) is 0 Å². The molecule has 30 heavy (non-hydrogen) atoms. The molecule has 0 atom stereocenters. The number of carbonyl (C=O) groups is 2. The molecule has 2 fully saturated rings. The van der Waals surface area contributed by atoms with Gasteiger partial charge >= 0.3 is 0 Å². The van der Waals surface area contributed by atoms with Gasteiger partial charge in [0.15, 0.2) is 0 Å². The summed E-state index contributed by atoms with van der Waals surface area (Å²) in [4.78, 5) is 26.4. The minimum Gasteiger partial charge on any atom is -0.349 e. The molecule has 2 aliphatic rings. The highest BCUT2D eigenvalue weighted by atomic mass is 16.2. The van der Waals surface area contributed by atoms with Gasteiger partial charge in [0.25, 0.3) is 11.8 Å². The molecule has 0 aromatic heterocycles. The molecule has 4 nitrogen and oxygen atoms in total. The lowest BCUT2D eigenvalue weighted by molar-refractivity contribution is -0.124. The Bertz CT molecular complexity index is 882. The van der Waals surface area contributed by atoms with Crippen LogP contribution in [-0.4, -0.2) is 23.9 Å². The Kier molecular flexibility index (Phi) is 6.83. The summed E-state index contributed by atoms with van der Waals surface area (Å²) >= 11 is 0. The van der Waals surface area contributed by atoms with Crippen LogP contribution in [0.2, 0.25) is 0 Å². The molecule has 2 N–H and O–H groups in total. The largest absolute Gasteiger partial charge is 0.349 e. The van der Waals surface area contributed by atoms with Crippen molar-refractivity contribution in [2.24, 2.45) is 0 Å². The van der Waals surface area contributed by atoms with Gasteiger partial charge in [0, 0.05) is 12.1 Å². The molecule has 0 saturated heterocycles. The van der Waals surface area contributed by atoms with E-state index >= 15 is 0 Å². The Morgan fingerprint density at radius 1 is 0.700 bits per heavy atom. The van der Waals surface area contributed by atoms with E-state index in [0.717, 1.165) is 67.7 Å². The van der Waals surface area contributed by atoms with Gasteiger partial charge in [-0.15, -0.1) is 0 Å². The third-order valence-electron chi connectivity index (χ3n) is 6.49. The minimum absolute atomic E-state index is 0.171. The van der Waals surface area contributed by atoms with Crippen molar-refractivity contribution in [1.82, 2.24) is 10.6 Å². The molecular weight excluding hydrogens is 372 g/mol. The first-order valence-electron chi connectivity index (χ1n) is 11.5. The number of rotatable bonds is 5. The van der Waals surface area contributed by atoms with Crippen molar-refractivity contribution in [1.29, 1.82) is 0 Å². The lowest BCUT2D eigenvalue weighted by Gasteiger charge is -2.25. The number of amides is 2. The van der Waals surface area contributed by atoms with Crippen LogP contribution in [0.4, 0.5) is 0 Å². The van der Waals surface area contributed by atoms with E-state index in [4.69, 9.17) is 0 Å². The maximum atomic E-state index is 13.2. The van der Waals surface area contributed by atoms with Crippen LogP contribution in [0.15, 0.2) is 48.0 Å². The Morgan fingerprint density at radius 2 is 1.23 bits per heavy atom. The first-order chi connectivity index (χ1) is 14.7. The summed E-state index contributed by atoms with van der Waals surface area (Å²) in [6.07, 6.45) is 12.8. The molecule has 0 bridgehead atoms. The predicted molar refractivity (Wildman–Crippen MR) is 122 cm³/mol. The molecule has 0 spiro atoms. The number of fused-ring (bicyclic) bond motifs is 1. The summed E-state index contributed by atoms with van der Waals surface area (Å²) in [7, 11) is 0. The summed E-state index contributed by atoms with van der Waals surface area (Å²) in [6, 6.07) is 14.4. The second-order valence-electron chi connectivity index (χ2n) is 8.74. The SMILES string of the molecule is O=C(NC1CCCCC1)C(=Cc1cccc2ccccc12)C(=O)NC1CCCCC1. The third-order valence-corrected chi connectivity index (χ3v) is 6.49. The first kappa shape index (κ1) is 20.6. The molecule has 4 heteroatoms. The van der Waals surface area contributed by atoms with Crippen molar-refractivity contribution in [2.45, 2.75) is 76.3 Å². The van der Waals surface area contributed by atoms with Crippen molar-refractivity contribution in [3.63, 3.8) is 0 Å². The predicted octanol–water partition coefficient (Wildman–Crippen LogP) is 5.12. The van der Waals surface area contributed by atoms with Crippen LogP contribution in [0.1, 0.15) is 69.8 Å². The number of hydrogen-bond acceptors (Lipinski definition) is 2. The fourth-order valence-corrected chi connectivity index (χ4v) is 4.79. The van der Waals surface area contributed by atoms with Crippen LogP contribution < -0.4 is 10.6 Å². The van der Waals surface area contributed by atoms with Gasteiger partial charge in [-0.2, -0.15) is 0 Å². The molecular formula is C26H32N2O2. The highest BCUT2D eigenvalue weighted by Gasteiger charge is 2.25. The van der Waals surface area contributed by atoms with E-state index in [1.54, 1.807) is 6.08 Å².